The third kappa shape index (κ3) is 7.25. The van der Waals surface area contributed by atoms with Crippen LogP contribution < -0.4 is 5.32 Å². The lowest BCUT2D eigenvalue weighted by molar-refractivity contribution is 0.0668. The summed E-state index contributed by atoms with van der Waals surface area (Å²) in [6.45, 7) is 12.3. The molecule has 0 saturated heterocycles. The molecule has 0 rings (SSSR count). The van der Waals surface area contributed by atoms with Gasteiger partial charge in [0.15, 0.2) is 0 Å². The maximum atomic E-state index is 9.69. The average molecular weight is 274 g/mol. The Balaban J connectivity index is 4.64. The minimum absolute atomic E-state index is 0.163. The summed E-state index contributed by atoms with van der Waals surface area (Å²) in [5, 5.41) is 13.2. The maximum Gasteiger partial charge on any atom is 0.0623 e. The number of hydrogen-bond acceptors (Lipinski definition) is 4. The highest BCUT2D eigenvalue weighted by atomic mass is 16.5. The van der Waals surface area contributed by atoms with Crippen LogP contribution in [0.1, 0.15) is 47.0 Å². The molecule has 0 aromatic rings. The number of ether oxygens (including phenoxy) is 1. The van der Waals surface area contributed by atoms with Gasteiger partial charge in [0.05, 0.1) is 18.8 Å². The molecule has 116 valence electrons. The van der Waals surface area contributed by atoms with Crippen LogP contribution >= 0.6 is 0 Å². The van der Waals surface area contributed by atoms with Crippen LogP contribution in [0.15, 0.2) is 0 Å². The Kier molecular flexibility index (Phi) is 10.5. The van der Waals surface area contributed by atoms with E-state index in [0.717, 1.165) is 45.5 Å². The second-order valence-corrected chi connectivity index (χ2v) is 5.58. The molecule has 19 heavy (non-hydrogen) atoms. The standard InChI is InChI=1S/C15H34N2O2/c1-6-9-16-15(4,13-18)12-17(10-11-19-5)14(7-2)8-3/h14,16,18H,6-13H2,1-5H3. The van der Waals surface area contributed by atoms with Crippen molar-refractivity contribution in [3.8, 4) is 0 Å². The molecule has 1 unspecified atom stereocenters. The highest BCUT2D eigenvalue weighted by Gasteiger charge is 2.28. The van der Waals surface area contributed by atoms with Crippen LogP contribution in [0.4, 0.5) is 0 Å². The van der Waals surface area contributed by atoms with Gasteiger partial charge < -0.3 is 15.2 Å². The summed E-state index contributed by atoms with van der Waals surface area (Å²) in [6, 6.07) is 0.560. The molecule has 0 spiro atoms. The Hall–Kier alpha value is -0.160. The molecule has 4 nitrogen and oxygen atoms in total. The van der Waals surface area contributed by atoms with Crippen LogP contribution in [0.25, 0.3) is 0 Å². The first-order chi connectivity index (χ1) is 9.06. The predicted octanol–water partition coefficient (Wildman–Crippen LogP) is 1.87. The fourth-order valence-corrected chi connectivity index (χ4v) is 2.44. The SMILES string of the molecule is CCCNC(C)(CO)CN(CCOC)C(CC)CC. The summed E-state index contributed by atoms with van der Waals surface area (Å²) in [4.78, 5) is 2.45. The van der Waals surface area contributed by atoms with E-state index in [1.165, 1.54) is 0 Å². The third-order valence-corrected chi connectivity index (χ3v) is 3.74. The molecule has 0 saturated carbocycles. The van der Waals surface area contributed by atoms with Gasteiger partial charge in [-0.3, -0.25) is 4.90 Å². The van der Waals surface area contributed by atoms with Crippen LogP contribution in [-0.4, -0.2) is 61.5 Å². The van der Waals surface area contributed by atoms with Crippen molar-refractivity contribution in [3.63, 3.8) is 0 Å². The molecule has 0 heterocycles. The fraction of sp³-hybridized carbons (Fsp3) is 1.00. The Morgan fingerprint density at radius 1 is 1.26 bits per heavy atom. The van der Waals surface area contributed by atoms with E-state index < -0.39 is 0 Å². The number of aliphatic hydroxyl groups excluding tert-OH is 1. The summed E-state index contributed by atoms with van der Waals surface area (Å²) >= 11 is 0. The molecule has 0 amide bonds. The van der Waals surface area contributed by atoms with Gasteiger partial charge in [-0.1, -0.05) is 20.8 Å². The van der Waals surface area contributed by atoms with Gasteiger partial charge in [0.2, 0.25) is 0 Å². The first-order valence-corrected chi connectivity index (χ1v) is 7.65. The summed E-state index contributed by atoms with van der Waals surface area (Å²) in [7, 11) is 1.74. The number of nitrogens with zero attached hydrogens (tertiary/aromatic N) is 1. The second kappa shape index (κ2) is 10.6. The van der Waals surface area contributed by atoms with Gasteiger partial charge in [-0.15, -0.1) is 0 Å². The first kappa shape index (κ1) is 18.8. The average Bonchev–Trinajstić information content (AvgIpc) is 2.43. The monoisotopic (exact) mass is 274 g/mol. The summed E-state index contributed by atoms with van der Waals surface area (Å²) in [5.41, 5.74) is -0.230. The molecule has 0 fully saturated rings. The zero-order valence-electron chi connectivity index (χ0n) is 13.5. The largest absolute Gasteiger partial charge is 0.394 e. The minimum atomic E-state index is -0.230. The number of methoxy groups -OCH3 is 1. The summed E-state index contributed by atoms with van der Waals surface area (Å²) in [5.74, 6) is 0. The van der Waals surface area contributed by atoms with Crippen molar-refractivity contribution < 1.29 is 9.84 Å². The highest BCUT2D eigenvalue weighted by Crippen LogP contribution is 2.14. The van der Waals surface area contributed by atoms with Crippen LogP contribution in [0.2, 0.25) is 0 Å². The zero-order chi connectivity index (χ0) is 14.7. The molecule has 0 aliphatic carbocycles. The number of aliphatic hydroxyl groups is 1. The zero-order valence-corrected chi connectivity index (χ0v) is 13.5. The maximum absolute atomic E-state index is 9.69. The Morgan fingerprint density at radius 2 is 1.89 bits per heavy atom. The van der Waals surface area contributed by atoms with Crippen LogP contribution in [0.5, 0.6) is 0 Å². The van der Waals surface area contributed by atoms with Gasteiger partial charge in [-0.25, -0.2) is 0 Å². The molecule has 0 aromatic carbocycles. The molecule has 0 aliphatic rings. The van der Waals surface area contributed by atoms with Crippen molar-refractivity contribution in [2.45, 2.75) is 58.5 Å². The Bertz CT molecular complexity index is 210. The predicted molar refractivity (Wildman–Crippen MR) is 81.6 cm³/mol. The van der Waals surface area contributed by atoms with E-state index in [1.807, 2.05) is 0 Å². The van der Waals surface area contributed by atoms with E-state index in [4.69, 9.17) is 4.74 Å². The van der Waals surface area contributed by atoms with E-state index in [-0.39, 0.29) is 12.1 Å². The molecule has 0 aliphatic heterocycles. The van der Waals surface area contributed by atoms with E-state index in [9.17, 15) is 5.11 Å². The lowest BCUT2D eigenvalue weighted by Gasteiger charge is -2.39. The van der Waals surface area contributed by atoms with Gasteiger partial charge in [0.25, 0.3) is 0 Å². The second-order valence-electron chi connectivity index (χ2n) is 5.58. The Morgan fingerprint density at radius 3 is 2.32 bits per heavy atom. The topological polar surface area (TPSA) is 44.7 Å². The molecular weight excluding hydrogens is 240 g/mol. The normalized spacial score (nSPS) is 15.2. The van der Waals surface area contributed by atoms with Crippen molar-refractivity contribution in [3.05, 3.63) is 0 Å². The molecule has 0 aromatic heterocycles. The van der Waals surface area contributed by atoms with Crippen LogP contribution in [0.3, 0.4) is 0 Å². The van der Waals surface area contributed by atoms with Gasteiger partial charge in [-0.05, 0) is 32.7 Å². The smallest absolute Gasteiger partial charge is 0.0623 e. The van der Waals surface area contributed by atoms with Gasteiger partial charge >= 0.3 is 0 Å². The lowest BCUT2D eigenvalue weighted by atomic mass is 10.00. The number of rotatable bonds is 12. The fourth-order valence-electron chi connectivity index (χ4n) is 2.44. The first-order valence-electron chi connectivity index (χ1n) is 7.65. The molecule has 0 bridgehead atoms. The van der Waals surface area contributed by atoms with Gasteiger partial charge in [0, 0.05) is 26.2 Å². The molecule has 0 radical (unpaired) electrons. The van der Waals surface area contributed by atoms with Crippen molar-refractivity contribution in [1.82, 2.24) is 10.2 Å². The number of hydrogen-bond donors (Lipinski definition) is 2. The quantitative estimate of drug-likeness (QED) is 0.570. The summed E-state index contributed by atoms with van der Waals surface area (Å²) < 4.78 is 5.22. The van der Waals surface area contributed by atoms with Crippen molar-refractivity contribution in [2.24, 2.45) is 0 Å². The minimum Gasteiger partial charge on any atom is -0.394 e. The number of nitrogens with one attached hydrogen (secondary N) is 1. The third-order valence-electron chi connectivity index (χ3n) is 3.74. The highest BCUT2D eigenvalue weighted by molar-refractivity contribution is 4.88. The van der Waals surface area contributed by atoms with E-state index in [2.05, 4.69) is 37.9 Å². The molecule has 1 atom stereocenters. The van der Waals surface area contributed by atoms with Crippen molar-refractivity contribution in [1.29, 1.82) is 0 Å². The van der Waals surface area contributed by atoms with Crippen LogP contribution in [0, 0.1) is 0 Å². The Labute approximate surface area is 119 Å². The van der Waals surface area contributed by atoms with E-state index >= 15 is 0 Å². The van der Waals surface area contributed by atoms with E-state index in [0.29, 0.717) is 6.04 Å². The summed E-state index contributed by atoms with van der Waals surface area (Å²) in [6.07, 6.45) is 3.35. The molecular formula is C15H34N2O2. The van der Waals surface area contributed by atoms with Gasteiger partial charge in [0.1, 0.15) is 0 Å². The molecule has 2 N–H and O–H groups in total. The van der Waals surface area contributed by atoms with E-state index in [1.54, 1.807) is 7.11 Å². The van der Waals surface area contributed by atoms with Gasteiger partial charge in [-0.2, -0.15) is 0 Å². The lowest BCUT2D eigenvalue weighted by Crippen LogP contribution is -2.56. The molecule has 4 heteroatoms. The van der Waals surface area contributed by atoms with Crippen LogP contribution in [-0.2, 0) is 4.74 Å². The van der Waals surface area contributed by atoms with Crippen molar-refractivity contribution in [2.75, 3.05) is 40.0 Å². The van der Waals surface area contributed by atoms with Crippen molar-refractivity contribution >= 4 is 0 Å².